The number of nitrogens with one attached hydrogen (secondary N) is 2. The molecule has 1 heterocycles. The number of aliphatic imine (C=N–C) groups is 1. The second-order valence-electron chi connectivity index (χ2n) is 7.15. The Balaban J connectivity index is 2.02. The molecule has 1 atom stereocenters. The zero-order valence-electron chi connectivity index (χ0n) is 17.6. The largest absolute Gasteiger partial charge is 0.463 e. The standard InChI is InChI=1S/C21H33FN4O3/c1-4-23-21(24-10-9-20(27)29-16(2)3)25-15-19(26-11-13-28-14-12-26)17-5-7-18(22)8-6-17/h5-8,16,19H,4,9-15H2,1-3H3,(H2,23,24,25). The van der Waals surface area contributed by atoms with E-state index in [1.54, 1.807) is 0 Å². The van der Waals surface area contributed by atoms with Crippen molar-refractivity contribution in [1.82, 2.24) is 15.5 Å². The topological polar surface area (TPSA) is 75.2 Å². The summed E-state index contributed by atoms with van der Waals surface area (Å²) in [5, 5.41) is 6.38. The molecule has 1 fully saturated rings. The van der Waals surface area contributed by atoms with Gasteiger partial charge in [0.2, 0.25) is 0 Å². The molecule has 0 bridgehead atoms. The summed E-state index contributed by atoms with van der Waals surface area (Å²) >= 11 is 0. The summed E-state index contributed by atoms with van der Waals surface area (Å²) in [7, 11) is 0. The Bertz CT molecular complexity index is 646. The zero-order valence-corrected chi connectivity index (χ0v) is 17.6. The summed E-state index contributed by atoms with van der Waals surface area (Å²) in [6.45, 7) is 10.3. The first-order valence-corrected chi connectivity index (χ1v) is 10.3. The fraction of sp³-hybridized carbons (Fsp3) is 0.619. The van der Waals surface area contributed by atoms with Gasteiger partial charge >= 0.3 is 5.97 Å². The van der Waals surface area contributed by atoms with E-state index >= 15 is 0 Å². The van der Waals surface area contributed by atoms with Gasteiger partial charge in [0.15, 0.2) is 5.96 Å². The lowest BCUT2D eigenvalue weighted by Gasteiger charge is -2.34. The number of esters is 1. The van der Waals surface area contributed by atoms with E-state index in [0.717, 1.165) is 18.7 Å². The van der Waals surface area contributed by atoms with E-state index < -0.39 is 0 Å². The van der Waals surface area contributed by atoms with Gasteiger partial charge in [-0.3, -0.25) is 14.7 Å². The van der Waals surface area contributed by atoms with Crippen molar-refractivity contribution in [2.45, 2.75) is 39.3 Å². The fourth-order valence-corrected chi connectivity index (χ4v) is 3.13. The monoisotopic (exact) mass is 408 g/mol. The first kappa shape index (κ1) is 23.1. The lowest BCUT2D eigenvalue weighted by Crippen LogP contribution is -2.42. The van der Waals surface area contributed by atoms with E-state index in [-0.39, 0.29) is 30.4 Å². The minimum Gasteiger partial charge on any atom is -0.463 e. The molecule has 2 N–H and O–H groups in total. The molecule has 1 aromatic rings. The Kier molecular flexibility index (Phi) is 9.87. The van der Waals surface area contributed by atoms with Crippen LogP contribution in [0.2, 0.25) is 0 Å². The van der Waals surface area contributed by atoms with Crippen molar-refractivity contribution < 1.29 is 18.7 Å². The highest BCUT2D eigenvalue weighted by Gasteiger charge is 2.22. The number of halogens is 1. The van der Waals surface area contributed by atoms with E-state index in [1.165, 1.54) is 12.1 Å². The van der Waals surface area contributed by atoms with Crippen molar-refractivity contribution in [2.24, 2.45) is 4.99 Å². The Hall–Kier alpha value is -2.19. The van der Waals surface area contributed by atoms with Crippen LogP contribution in [-0.4, -0.2) is 68.9 Å². The van der Waals surface area contributed by atoms with Gasteiger partial charge in [0.05, 0.1) is 38.3 Å². The maximum absolute atomic E-state index is 13.4. The molecular formula is C21H33FN4O3. The van der Waals surface area contributed by atoms with E-state index in [4.69, 9.17) is 14.5 Å². The number of hydrogen-bond acceptors (Lipinski definition) is 5. The van der Waals surface area contributed by atoms with Gasteiger partial charge in [0.1, 0.15) is 5.82 Å². The van der Waals surface area contributed by atoms with Gasteiger partial charge in [0.25, 0.3) is 0 Å². The second-order valence-corrected chi connectivity index (χ2v) is 7.15. The van der Waals surface area contributed by atoms with Crippen molar-refractivity contribution in [3.63, 3.8) is 0 Å². The number of ether oxygens (including phenoxy) is 2. The predicted octanol–water partition coefficient (Wildman–Crippen LogP) is 2.10. The van der Waals surface area contributed by atoms with Crippen molar-refractivity contribution in [2.75, 3.05) is 45.9 Å². The maximum Gasteiger partial charge on any atom is 0.307 e. The lowest BCUT2D eigenvalue weighted by atomic mass is 10.0. The van der Waals surface area contributed by atoms with Gasteiger partial charge in [-0.1, -0.05) is 12.1 Å². The molecule has 1 saturated heterocycles. The highest BCUT2D eigenvalue weighted by Crippen LogP contribution is 2.22. The highest BCUT2D eigenvalue weighted by atomic mass is 19.1. The van der Waals surface area contributed by atoms with Crippen LogP contribution < -0.4 is 10.6 Å². The van der Waals surface area contributed by atoms with Crippen LogP contribution in [0.25, 0.3) is 0 Å². The van der Waals surface area contributed by atoms with E-state index in [0.29, 0.717) is 38.8 Å². The summed E-state index contributed by atoms with van der Waals surface area (Å²) in [6.07, 6.45) is 0.155. The molecule has 0 amide bonds. The smallest absolute Gasteiger partial charge is 0.307 e. The highest BCUT2D eigenvalue weighted by molar-refractivity contribution is 5.80. The number of morpholine rings is 1. The number of benzene rings is 1. The minimum absolute atomic E-state index is 0.0286. The van der Waals surface area contributed by atoms with Crippen molar-refractivity contribution in [3.8, 4) is 0 Å². The molecule has 0 spiro atoms. The molecule has 7 nitrogen and oxygen atoms in total. The average molecular weight is 409 g/mol. The normalized spacial score (nSPS) is 16.5. The molecule has 8 heteroatoms. The fourth-order valence-electron chi connectivity index (χ4n) is 3.13. The summed E-state index contributed by atoms with van der Waals surface area (Å²) in [4.78, 5) is 18.7. The van der Waals surface area contributed by atoms with Crippen LogP contribution in [0.4, 0.5) is 4.39 Å². The van der Waals surface area contributed by atoms with E-state index in [2.05, 4.69) is 15.5 Å². The quantitative estimate of drug-likeness (QED) is 0.370. The predicted molar refractivity (Wildman–Crippen MR) is 111 cm³/mol. The molecule has 2 rings (SSSR count). The number of nitrogens with zero attached hydrogens (tertiary/aromatic N) is 2. The molecule has 162 valence electrons. The van der Waals surface area contributed by atoms with Crippen molar-refractivity contribution >= 4 is 11.9 Å². The van der Waals surface area contributed by atoms with Crippen LogP contribution in [0, 0.1) is 5.82 Å². The average Bonchev–Trinajstić information content (AvgIpc) is 2.69. The molecule has 1 aliphatic heterocycles. The number of carbonyl (C=O) groups is 1. The third kappa shape index (κ3) is 8.37. The molecule has 0 saturated carbocycles. The first-order valence-electron chi connectivity index (χ1n) is 10.3. The third-order valence-corrected chi connectivity index (χ3v) is 4.50. The third-order valence-electron chi connectivity index (χ3n) is 4.50. The van der Waals surface area contributed by atoms with E-state index in [9.17, 15) is 9.18 Å². The van der Waals surface area contributed by atoms with Gasteiger partial charge in [0, 0.05) is 26.2 Å². The van der Waals surface area contributed by atoms with Crippen LogP contribution in [0.15, 0.2) is 29.3 Å². The Labute approximate surface area is 172 Å². The van der Waals surface area contributed by atoms with Gasteiger partial charge in [-0.25, -0.2) is 4.39 Å². The lowest BCUT2D eigenvalue weighted by molar-refractivity contribution is -0.147. The van der Waals surface area contributed by atoms with Gasteiger partial charge in [-0.2, -0.15) is 0 Å². The zero-order chi connectivity index (χ0) is 21.1. The first-order chi connectivity index (χ1) is 14.0. The summed E-state index contributed by atoms with van der Waals surface area (Å²) < 4.78 is 24.0. The summed E-state index contributed by atoms with van der Waals surface area (Å²) in [5.74, 6) is 0.160. The van der Waals surface area contributed by atoms with Crippen LogP contribution in [0.1, 0.15) is 38.8 Å². The molecule has 1 aromatic carbocycles. The Morgan fingerprint density at radius 1 is 1.24 bits per heavy atom. The molecule has 1 aliphatic rings. The molecular weight excluding hydrogens is 375 g/mol. The summed E-state index contributed by atoms with van der Waals surface area (Å²) in [5.41, 5.74) is 1.02. The van der Waals surface area contributed by atoms with Crippen molar-refractivity contribution in [3.05, 3.63) is 35.6 Å². The van der Waals surface area contributed by atoms with Crippen LogP contribution in [-0.2, 0) is 14.3 Å². The minimum atomic E-state index is -0.249. The molecule has 0 radical (unpaired) electrons. The van der Waals surface area contributed by atoms with Crippen molar-refractivity contribution in [1.29, 1.82) is 0 Å². The van der Waals surface area contributed by atoms with Crippen LogP contribution in [0.5, 0.6) is 0 Å². The Morgan fingerprint density at radius 2 is 1.93 bits per heavy atom. The molecule has 0 aliphatic carbocycles. The van der Waals surface area contributed by atoms with Gasteiger partial charge < -0.3 is 20.1 Å². The summed E-state index contributed by atoms with van der Waals surface area (Å²) in [6, 6.07) is 6.62. The number of hydrogen-bond donors (Lipinski definition) is 2. The second kappa shape index (κ2) is 12.4. The van der Waals surface area contributed by atoms with E-state index in [1.807, 2.05) is 32.9 Å². The number of carbonyl (C=O) groups excluding carboxylic acids is 1. The van der Waals surface area contributed by atoms with Crippen LogP contribution >= 0.6 is 0 Å². The van der Waals surface area contributed by atoms with Crippen LogP contribution in [0.3, 0.4) is 0 Å². The van der Waals surface area contributed by atoms with Gasteiger partial charge in [-0.05, 0) is 38.5 Å². The molecule has 1 unspecified atom stereocenters. The SMILES string of the molecule is CCNC(=NCC(c1ccc(F)cc1)N1CCOCC1)NCCC(=O)OC(C)C. The Morgan fingerprint density at radius 3 is 2.55 bits per heavy atom. The number of rotatable bonds is 9. The molecule has 29 heavy (non-hydrogen) atoms. The number of guanidine groups is 1. The van der Waals surface area contributed by atoms with Gasteiger partial charge in [-0.15, -0.1) is 0 Å². The molecule has 0 aromatic heterocycles. The maximum atomic E-state index is 13.4.